The van der Waals surface area contributed by atoms with Gasteiger partial charge in [0.05, 0.1) is 11.8 Å². The maximum absolute atomic E-state index is 12.5. The predicted octanol–water partition coefficient (Wildman–Crippen LogP) is 1.93. The van der Waals surface area contributed by atoms with Crippen molar-refractivity contribution in [2.24, 2.45) is 11.8 Å². The second-order valence-corrected chi connectivity index (χ2v) is 8.53. The van der Waals surface area contributed by atoms with Gasteiger partial charge in [-0.25, -0.2) is 0 Å². The van der Waals surface area contributed by atoms with Crippen LogP contribution >= 0.6 is 0 Å². The van der Waals surface area contributed by atoms with Crippen LogP contribution in [0.1, 0.15) is 64.2 Å². The van der Waals surface area contributed by atoms with Crippen LogP contribution in [-0.4, -0.2) is 60.2 Å². The van der Waals surface area contributed by atoms with Crippen molar-refractivity contribution in [3.8, 4) is 0 Å². The maximum Gasteiger partial charge on any atom is 0.233 e. The Balaban J connectivity index is 1.49. The van der Waals surface area contributed by atoms with Crippen LogP contribution in [0.3, 0.4) is 0 Å². The molecule has 0 aromatic rings. The summed E-state index contributed by atoms with van der Waals surface area (Å²) in [4.78, 5) is 40.9. The summed E-state index contributed by atoms with van der Waals surface area (Å²) in [5.74, 6) is -0.418. The molecule has 2 atom stereocenters. The molecule has 3 fully saturated rings. The first-order valence-electron chi connectivity index (χ1n) is 10.2. The molecule has 0 unspecified atom stereocenters. The van der Waals surface area contributed by atoms with E-state index >= 15 is 0 Å². The van der Waals surface area contributed by atoms with Crippen molar-refractivity contribution in [1.29, 1.82) is 0 Å². The number of carbonyl (C=O) groups is 3. The summed E-state index contributed by atoms with van der Waals surface area (Å²) in [5, 5.41) is 3.06. The number of nitrogens with one attached hydrogen (secondary N) is 1. The van der Waals surface area contributed by atoms with Gasteiger partial charge in [-0.05, 0) is 39.8 Å². The Bertz CT molecular complexity index is 531. The predicted molar refractivity (Wildman–Crippen MR) is 99.3 cm³/mol. The van der Waals surface area contributed by atoms with Gasteiger partial charge in [0.15, 0.2) is 0 Å². The number of carbonyl (C=O) groups excluding carboxylic acids is 3. The molecule has 146 valence electrons. The first kappa shape index (κ1) is 19.3. The van der Waals surface area contributed by atoms with E-state index in [9.17, 15) is 14.4 Å². The van der Waals surface area contributed by atoms with Gasteiger partial charge in [-0.2, -0.15) is 0 Å². The molecule has 3 aliphatic rings. The molecule has 6 nitrogen and oxygen atoms in total. The third-order valence-electron chi connectivity index (χ3n) is 6.84. The molecule has 0 aromatic carbocycles. The number of imide groups is 1. The lowest BCUT2D eigenvalue weighted by atomic mass is 9.80. The molecule has 1 aliphatic heterocycles. The van der Waals surface area contributed by atoms with E-state index in [2.05, 4.69) is 24.3 Å². The lowest BCUT2D eigenvalue weighted by Crippen LogP contribution is -2.54. The van der Waals surface area contributed by atoms with E-state index in [1.54, 1.807) is 0 Å². The Labute approximate surface area is 156 Å². The first-order valence-corrected chi connectivity index (χ1v) is 10.2. The molecule has 2 aliphatic carbocycles. The normalized spacial score (nSPS) is 28.3. The van der Waals surface area contributed by atoms with E-state index in [-0.39, 0.29) is 48.1 Å². The first-order chi connectivity index (χ1) is 12.4. The van der Waals surface area contributed by atoms with Gasteiger partial charge in [-0.1, -0.05) is 32.1 Å². The fourth-order valence-corrected chi connectivity index (χ4v) is 5.01. The van der Waals surface area contributed by atoms with Crippen molar-refractivity contribution >= 4 is 17.7 Å². The molecule has 0 spiro atoms. The minimum Gasteiger partial charge on any atom is -0.354 e. The number of likely N-dealkylation sites (tertiary alicyclic amines) is 1. The fraction of sp³-hybridized carbons (Fsp3) is 0.850. The number of fused-ring (bicyclic) bond motifs is 1. The molecule has 26 heavy (non-hydrogen) atoms. The van der Waals surface area contributed by atoms with E-state index in [1.165, 1.54) is 24.2 Å². The van der Waals surface area contributed by atoms with Gasteiger partial charge >= 0.3 is 0 Å². The van der Waals surface area contributed by atoms with Gasteiger partial charge in [0, 0.05) is 25.0 Å². The van der Waals surface area contributed by atoms with E-state index in [0.717, 1.165) is 38.5 Å². The van der Waals surface area contributed by atoms with E-state index in [1.807, 2.05) is 0 Å². The molecule has 0 aromatic heterocycles. The molecule has 0 bridgehead atoms. The highest BCUT2D eigenvalue weighted by Crippen LogP contribution is 2.38. The SMILES string of the molecule is CN(C)C1(CNC(=O)CCN2C(=O)[C@@H]3CCCC[C@H]3C2=O)CCCCC1. The highest BCUT2D eigenvalue weighted by atomic mass is 16.2. The molecule has 1 saturated heterocycles. The van der Waals surface area contributed by atoms with Crippen molar-refractivity contribution in [1.82, 2.24) is 15.1 Å². The van der Waals surface area contributed by atoms with Gasteiger partial charge in [0.25, 0.3) is 0 Å². The van der Waals surface area contributed by atoms with Crippen molar-refractivity contribution < 1.29 is 14.4 Å². The Kier molecular flexibility index (Phi) is 6.00. The smallest absolute Gasteiger partial charge is 0.233 e. The number of hydrogen-bond donors (Lipinski definition) is 1. The molecule has 3 rings (SSSR count). The number of hydrogen-bond acceptors (Lipinski definition) is 4. The molecule has 1 heterocycles. The summed E-state index contributed by atoms with van der Waals surface area (Å²) in [5.41, 5.74) is 0.0438. The maximum atomic E-state index is 12.5. The molecule has 1 N–H and O–H groups in total. The summed E-state index contributed by atoms with van der Waals surface area (Å²) in [6.45, 7) is 0.872. The van der Waals surface area contributed by atoms with Gasteiger partial charge in [0.1, 0.15) is 0 Å². The minimum absolute atomic E-state index is 0.0438. The average molecular weight is 364 g/mol. The van der Waals surface area contributed by atoms with Gasteiger partial charge in [-0.3, -0.25) is 19.3 Å². The second kappa shape index (κ2) is 8.07. The van der Waals surface area contributed by atoms with Crippen molar-refractivity contribution in [3.05, 3.63) is 0 Å². The zero-order valence-corrected chi connectivity index (χ0v) is 16.3. The van der Waals surface area contributed by atoms with Crippen LogP contribution in [0.5, 0.6) is 0 Å². The van der Waals surface area contributed by atoms with Gasteiger partial charge in [-0.15, -0.1) is 0 Å². The zero-order chi connectivity index (χ0) is 18.7. The van der Waals surface area contributed by atoms with Crippen LogP contribution in [0, 0.1) is 11.8 Å². The van der Waals surface area contributed by atoms with E-state index in [4.69, 9.17) is 0 Å². The summed E-state index contributed by atoms with van der Waals surface area (Å²) >= 11 is 0. The highest BCUT2D eigenvalue weighted by molar-refractivity contribution is 6.05. The summed E-state index contributed by atoms with van der Waals surface area (Å²) in [7, 11) is 4.17. The number of amides is 3. The van der Waals surface area contributed by atoms with Crippen molar-refractivity contribution in [2.45, 2.75) is 69.7 Å². The Morgan fingerprint density at radius 1 is 1.04 bits per heavy atom. The fourth-order valence-electron chi connectivity index (χ4n) is 5.01. The Morgan fingerprint density at radius 2 is 1.62 bits per heavy atom. The minimum atomic E-state index is -0.126. The number of rotatable bonds is 6. The molecular formula is C20H33N3O3. The molecular weight excluding hydrogens is 330 g/mol. The summed E-state index contributed by atoms with van der Waals surface area (Å²) in [6.07, 6.45) is 9.79. The van der Waals surface area contributed by atoms with Crippen molar-refractivity contribution in [2.75, 3.05) is 27.2 Å². The monoisotopic (exact) mass is 363 g/mol. The zero-order valence-electron chi connectivity index (χ0n) is 16.3. The summed E-state index contributed by atoms with van der Waals surface area (Å²) < 4.78 is 0. The molecule has 3 amide bonds. The molecule has 0 radical (unpaired) electrons. The average Bonchev–Trinajstić information content (AvgIpc) is 2.90. The Morgan fingerprint density at radius 3 is 2.15 bits per heavy atom. The van der Waals surface area contributed by atoms with Crippen LogP contribution in [0.4, 0.5) is 0 Å². The lowest BCUT2D eigenvalue weighted by molar-refractivity contribution is -0.140. The number of nitrogens with zero attached hydrogens (tertiary/aromatic N) is 2. The topological polar surface area (TPSA) is 69.7 Å². The summed E-state index contributed by atoms with van der Waals surface area (Å²) in [6, 6.07) is 0. The van der Waals surface area contributed by atoms with Crippen molar-refractivity contribution in [3.63, 3.8) is 0 Å². The lowest BCUT2D eigenvalue weighted by Gasteiger charge is -2.43. The van der Waals surface area contributed by atoms with Crippen LogP contribution in [0.15, 0.2) is 0 Å². The van der Waals surface area contributed by atoms with Crippen LogP contribution in [-0.2, 0) is 14.4 Å². The van der Waals surface area contributed by atoms with Crippen LogP contribution < -0.4 is 5.32 Å². The number of likely N-dealkylation sites (N-methyl/N-ethyl adjacent to an activating group) is 1. The van der Waals surface area contributed by atoms with Crippen LogP contribution in [0.2, 0.25) is 0 Å². The van der Waals surface area contributed by atoms with E-state index < -0.39 is 0 Å². The second-order valence-electron chi connectivity index (χ2n) is 8.53. The highest BCUT2D eigenvalue weighted by Gasteiger charge is 2.47. The largest absolute Gasteiger partial charge is 0.354 e. The van der Waals surface area contributed by atoms with Gasteiger partial charge < -0.3 is 10.2 Å². The standard InChI is InChI=1S/C20H33N3O3/c1-22(2)20(11-6-3-7-12-20)14-21-17(24)10-13-23-18(25)15-8-4-5-9-16(15)19(23)26/h15-16H,3-14H2,1-2H3,(H,21,24)/t15-,16-/m1/s1. The van der Waals surface area contributed by atoms with Gasteiger partial charge in [0.2, 0.25) is 17.7 Å². The third kappa shape index (κ3) is 3.80. The Hall–Kier alpha value is -1.43. The van der Waals surface area contributed by atoms with Crippen LogP contribution in [0.25, 0.3) is 0 Å². The quantitative estimate of drug-likeness (QED) is 0.732. The van der Waals surface area contributed by atoms with E-state index in [0.29, 0.717) is 6.54 Å². The molecule has 2 saturated carbocycles. The third-order valence-corrected chi connectivity index (χ3v) is 6.84. The molecule has 6 heteroatoms.